The molecule has 1 fully saturated rings. The molecule has 1 aliphatic rings. The number of benzene rings is 1. The molecule has 0 bridgehead atoms. The van der Waals surface area contributed by atoms with Crippen LogP contribution in [0, 0.1) is 5.92 Å². The zero-order valence-corrected chi connectivity index (χ0v) is 12.8. The number of carbonyl (C=O) groups excluding carboxylic acids is 1. The van der Waals surface area contributed by atoms with Crippen molar-refractivity contribution >= 4 is 30.1 Å². The molecule has 106 valence electrons. The molecule has 1 saturated heterocycles. The molecule has 0 saturated carbocycles. The van der Waals surface area contributed by atoms with E-state index in [1.165, 1.54) is 4.90 Å². The molecule has 3 nitrogen and oxygen atoms in total. The van der Waals surface area contributed by atoms with Crippen molar-refractivity contribution < 1.29 is 4.79 Å². The summed E-state index contributed by atoms with van der Waals surface area (Å²) in [5.74, 6) is 1.76. The second-order valence-corrected chi connectivity index (χ2v) is 5.95. The number of rotatable bonds is 4. The van der Waals surface area contributed by atoms with Gasteiger partial charge in [0, 0.05) is 23.7 Å². The fraction of sp³-hybridized carbons (Fsp3) is 0.500. The Morgan fingerprint density at radius 3 is 2.79 bits per heavy atom. The maximum Gasteiger partial charge on any atom is 0.239 e. The van der Waals surface area contributed by atoms with E-state index < -0.39 is 0 Å². The van der Waals surface area contributed by atoms with Gasteiger partial charge in [-0.2, -0.15) is 0 Å². The molecule has 0 aliphatic carbocycles. The number of thioether (sulfide) groups is 1. The van der Waals surface area contributed by atoms with Crippen LogP contribution >= 0.6 is 24.2 Å². The van der Waals surface area contributed by atoms with Gasteiger partial charge in [0.1, 0.15) is 0 Å². The minimum absolute atomic E-state index is 0. The zero-order chi connectivity index (χ0) is 13.0. The van der Waals surface area contributed by atoms with Gasteiger partial charge in [-0.1, -0.05) is 18.2 Å². The number of carbonyl (C=O) groups is 1. The van der Waals surface area contributed by atoms with E-state index in [1.54, 1.807) is 6.92 Å². The first-order chi connectivity index (χ1) is 8.66. The maximum absolute atomic E-state index is 11.8. The molecule has 2 atom stereocenters. The molecular weight excluding hydrogens is 280 g/mol. The standard InChI is InChI=1S/C14H20N2OS.ClH/c1-11(15)14(17)16-8-7-12(9-16)10-18-13-5-3-2-4-6-13;/h2-6,11-12H,7-10,15H2,1H3;1H/t11-,12?;/m1./s1. The summed E-state index contributed by atoms with van der Waals surface area (Å²) in [5, 5.41) is 0. The van der Waals surface area contributed by atoms with Gasteiger partial charge in [-0.15, -0.1) is 24.2 Å². The number of hydrogen-bond donors (Lipinski definition) is 1. The van der Waals surface area contributed by atoms with E-state index in [0.29, 0.717) is 5.92 Å². The van der Waals surface area contributed by atoms with E-state index in [2.05, 4.69) is 24.3 Å². The van der Waals surface area contributed by atoms with Crippen LogP contribution in [0.1, 0.15) is 13.3 Å². The van der Waals surface area contributed by atoms with Gasteiger partial charge in [0.15, 0.2) is 0 Å². The van der Waals surface area contributed by atoms with E-state index in [9.17, 15) is 4.79 Å². The zero-order valence-electron chi connectivity index (χ0n) is 11.1. The normalized spacial score (nSPS) is 19.9. The van der Waals surface area contributed by atoms with E-state index in [0.717, 1.165) is 25.3 Å². The summed E-state index contributed by atoms with van der Waals surface area (Å²) in [6, 6.07) is 10.0. The van der Waals surface area contributed by atoms with Crippen molar-refractivity contribution in [1.82, 2.24) is 4.90 Å². The number of likely N-dealkylation sites (tertiary alicyclic amines) is 1. The number of amides is 1. The van der Waals surface area contributed by atoms with Gasteiger partial charge < -0.3 is 10.6 Å². The third-order valence-corrected chi connectivity index (χ3v) is 4.46. The minimum Gasteiger partial charge on any atom is -0.341 e. The first-order valence-corrected chi connectivity index (χ1v) is 7.37. The quantitative estimate of drug-likeness (QED) is 0.869. The summed E-state index contributed by atoms with van der Waals surface area (Å²) in [5.41, 5.74) is 5.63. The van der Waals surface area contributed by atoms with Crippen molar-refractivity contribution in [3.05, 3.63) is 30.3 Å². The Labute approximate surface area is 125 Å². The largest absolute Gasteiger partial charge is 0.341 e. The van der Waals surface area contributed by atoms with Crippen molar-refractivity contribution in [3.63, 3.8) is 0 Å². The molecule has 1 heterocycles. The van der Waals surface area contributed by atoms with Crippen LogP contribution in [-0.4, -0.2) is 35.7 Å². The van der Waals surface area contributed by atoms with Crippen LogP contribution in [0.3, 0.4) is 0 Å². The van der Waals surface area contributed by atoms with Gasteiger partial charge >= 0.3 is 0 Å². The summed E-state index contributed by atoms with van der Waals surface area (Å²) in [4.78, 5) is 15.0. The van der Waals surface area contributed by atoms with Crippen molar-refractivity contribution in [3.8, 4) is 0 Å². The van der Waals surface area contributed by atoms with Gasteiger partial charge in [0.05, 0.1) is 6.04 Å². The molecule has 1 aromatic rings. The lowest BCUT2D eigenvalue weighted by atomic mass is 10.2. The second-order valence-electron chi connectivity index (χ2n) is 4.85. The molecule has 5 heteroatoms. The average molecular weight is 301 g/mol. The Hall–Kier alpha value is -0.710. The van der Waals surface area contributed by atoms with Gasteiger partial charge in [-0.05, 0) is 31.4 Å². The van der Waals surface area contributed by atoms with Crippen LogP contribution in [0.15, 0.2) is 35.2 Å². The van der Waals surface area contributed by atoms with Crippen molar-refractivity contribution in [1.29, 1.82) is 0 Å². The van der Waals surface area contributed by atoms with E-state index in [-0.39, 0.29) is 24.4 Å². The highest BCUT2D eigenvalue weighted by atomic mass is 35.5. The van der Waals surface area contributed by atoms with E-state index in [1.807, 2.05) is 22.7 Å². The van der Waals surface area contributed by atoms with Crippen LogP contribution < -0.4 is 5.73 Å². The molecular formula is C14H21ClN2OS. The third-order valence-electron chi connectivity index (χ3n) is 3.22. The summed E-state index contributed by atoms with van der Waals surface area (Å²) in [7, 11) is 0. The molecule has 1 aromatic carbocycles. The predicted molar refractivity (Wildman–Crippen MR) is 82.8 cm³/mol. The van der Waals surface area contributed by atoms with Crippen molar-refractivity contribution in [2.24, 2.45) is 11.7 Å². The highest BCUT2D eigenvalue weighted by Gasteiger charge is 2.27. The van der Waals surface area contributed by atoms with Crippen molar-refractivity contribution in [2.45, 2.75) is 24.3 Å². The predicted octanol–water partition coefficient (Wildman–Crippen LogP) is 2.40. The Bertz CT molecular complexity index is 400. The summed E-state index contributed by atoms with van der Waals surface area (Å²) < 4.78 is 0. The molecule has 0 radical (unpaired) electrons. The third kappa shape index (κ3) is 4.71. The molecule has 0 aromatic heterocycles. The SMILES string of the molecule is C[C@@H](N)C(=O)N1CCC(CSc2ccccc2)C1.Cl. The Kier molecular flexibility index (Phi) is 6.69. The van der Waals surface area contributed by atoms with Crippen molar-refractivity contribution in [2.75, 3.05) is 18.8 Å². The van der Waals surface area contributed by atoms with Crippen LogP contribution in [0.2, 0.25) is 0 Å². The number of nitrogens with two attached hydrogens (primary N) is 1. The Balaban J connectivity index is 0.00000180. The van der Waals surface area contributed by atoms with E-state index in [4.69, 9.17) is 5.73 Å². The van der Waals surface area contributed by atoms with Crippen LogP contribution in [0.5, 0.6) is 0 Å². The topological polar surface area (TPSA) is 46.3 Å². The van der Waals surface area contributed by atoms with Gasteiger partial charge in [0.2, 0.25) is 5.91 Å². The van der Waals surface area contributed by atoms with Crippen LogP contribution in [0.4, 0.5) is 0 Å². The highest BCUT2D eigenvalue weighted by Crippen LogP contribution is 2.25. The monoisotopic (exact) mass is 300 g/mol. The number of hydrogen-bond acceptors (Lipinski definition) is 3. The summed E-state index contributed by atoms with van der Waals surface area (Å²) in [6.07, 6.45) is 1.10. The average Bonchev–Trinajstić information content (AvgIpc) is 2.85. The molecule has 1 amide bonds. The minimum atomic E-state index is -0.370. The van der Waals surface area contributed by atoms with Crippen LogP contribution in [0.25, 0.3) is 0 Å². The molecule has 0 spiro atoms. The van der Waals surface area contributed by atoms with E-state index >= 15 is 0 Å². The van der Waals surface area contributed by atoms with Gasteiger partial charge in [-0.3, -0.25) is 4.79 Å². The Morgan fingerprint density at radius 1 is 1.47 bits per heavy atom. The second kappa shape index (κ2) is 7.78. The fourth-order valence-electron chi connectivity index (χ4n) is 2.19. The number of halogens is 1. The molecule has 1 unspecified atom stereocenters. The lowest BCUT2D eigenvalue weighted by Crippen LogP contribution is -2.40. The first-order valence-electron chi connectivity index (χ1n) is 6.39. The maximum atomic E-state index is 11.8. The lowest BCUT2D eigenvalue weighted by molar-refractivity contribution is -0.131. The summed E-state index contributed by atoms with van der Waals surface area (Å²) in [6.45, 7) is 3.48. The smallest absolute Gasteiger partial charge is 0.239 e. The lowest BCUT2D eigenvalue weighted by Gasteiger charge is -2.18. The van der Waals surface area contributed by atoms with Crippen LogP contribution in [-0.2, 0) is 4.79 Å². The molecule has 19 heavy (non-hydrogen) atoms. The highest BCUT2D eigenvalue weighted by molar-refractivity contribution is 7.99. The van der Waals surface area contributed by atoms with Gasteiger partial charge in [0.25, 0.3) is 0 Å². The molecule has 2 rings (SSSR count). The molecule has 1 aliphatic heterocycles. The molecule has 2 N–H and O–H groups in total. The Morgan fingerprint density at radius 2 is 2.16 bits per heavy atom. The summed E-state index contributed by atoms with van der Waals surface area (Å²) >= 11 is 1.87. The first kappa shape index (κ1) is 16.3. The van der Waals surface area contributed by atoms with Gasteiger partial charge in [-0.25, -0.2) is 0 Å². The number of nitrogens with zero attached hydrogens (tertiary/aromatic N) is 1. The fourth-order valence-corrected chi connectivity index (χ4v) is 3.24.